The van der Waals surface area contributed by atoms with Crippen molar-refractivity contribution in [1.29, 1.82) is 0 Å². The van der Waals surface area contributed by atoms with Crippen molar-refractivity contribution in [3.05, 3.63) is 72.8 Å². The van der Waals surface area contributed by atoms with Gasteiger partial charge in [-0.15, -0.1) is 0 Å². The second-order valence-corrected chi connectivity index (χ2v) is 22.3. The summed E-state index contributed by atoms with van der Waals surface area (Å²) < 4.78 is 99.2. The SMILES string of the molecule is O=S(=O)(Cl)c1ccc2c(c1)-c1nc-2nc2[n-]c(nc3nc(nc4[n-]c(n1)c1ccc(S(=O)(=O)Cl)cc41)-c1ccc(S(=O)(=O)Cl)cc1-3)c1ccc(S(=O)(=O)Cl)cc21.[Zn+2]. The Morgan fingerprint density at radius 2 is 0.632 bits per heavy atom. The molecule has 0 N–H and O–H groups in total. The molecule has 3 aromatic heterocycles. The fourth-order valence-corrected chi connectivity index (χ4v) is 9.29. The van der Waals surface area contributed by atoms with E-state index in [-0.39, 0.29) is 129 Å². The van der Waals surface area contributed by atoms with E-state index in [1.54, 1.807) is 0 Å². The zero-order valence-corrected chi connectivity index (χ0v) is 36.9. The quantitative estimate of drug-likeness (QED) is 0.149. The van der Waals surface area contributed by atoms with Gasteiger partial charge in [0.25, 0.3) is 36.2 Å². The van der Waals surface area contributed by atoms with E-state index in [4.69, 9.17) is 42.7 Å². The summed E-state index contributed by atoms with van der Waals surface area (Å²) in [7, 11) is 5.80. The Hall–Kier alpha value is -4.18. The van der Waals surface area contributed by atoms with Gasteiger partial charge in [0.2, 0.25) is 0 Å². The molecule has 0 unspecified atom stereocenters. The summed E-state index contributed by atoms with van der Waals surface area (Å²) >= 11 is 0. The molecule has 0 aliphatic carbocycles. The van der Waals surface area contributed by atoms with E-state index < -0.39 is 36.2 Å². The van der Waals surface area contributed by atoms with Gasteiger partial charge in [-0.05, 0) is 70.1 Å². The Balaban J connectivity index is 0.00000455. The second kappa shape index (κ2) is 13.4. The summed E-state index contributed by atoms with van der Waals surface area (Å²) in [4.78, 5) is 35.8. The van der Waals surface area contributed by atoms with Gasteiger partial charge in [-0.2, -0.15) is 0 Å². The zero-order chi connectivity index (χ0) is 39.7. The third-order valence-corrected chi connectivity index (χ3v) is 14.1. The van der Waals surface area contributed by atoms with Crippen molar-refractivity contribution < 1.29 is 53.1 Å². The molecule has 0 fully saturated rings. The molecule has 25 heteroatoms. The van der Waals surface area contributed by atoms with Gasteiger partial charge in [-0.1, -0.05) is 24.3 Å². The molecule has 0 radical (unpaired) electrons. The van der Waals surface area contributed by atoms with E-state index in [0.29, 0.717) is 0 Å². The molecule has 0 spiro atoms. The molecule has 2 aliphatic rings. The molecular weight excluding hydrogens is 960 g/mol. The predicted molar refractivity (Wildman–Crippen MR) is 206 cm³/mol. The van der Waals surface area contributed by atoms with Crippen LogP contribution in [0.4, 0.5) is 0 Å². The molecule has 0 amide bonds. The summed E-state index contributed by atoms with van der Waals surface area (Å²) in [5.41, 5.74) is 0.598. The summed E-state index contributed by atoms with van der Waals surface area (Å²) in [6, 6.07) is 15.4. The van der Waals surface area contributed by atoms with E-state index in [9.17, 15) is 33.7 Å². The Morgan fingerprint density at radius 3 is 0.965 bits per heavy atom. The van der Waals surface area contributed by atoms with Gasteiger partial charge in [0.1, 0.15) is 0 Å². The molecule has 4 aromatic carbocycles. The maximum Gasteiger partial charge on any atom is 2.00 e. The summed E-state index contributed by atoms with van der Waals surface area (Å²) in [5.74, 6) is -0.262. The molecule has 7 aromatic rings. The van der Waals surface area contributed by atoms with Gasteiger partial charge in [0, 0.05) is 87.6 Å². The van der Waals surface area contributed by atoms with Crippen LogP contribution < -0.4 is 9.97 Å². The van der Waals surface area contributed by atoms with Crippen molar-refractivity contribution in [3.63, 3.8) is 0 Å². The van der Waals surface area contributed by atoms with Crippen molar-refractivity contribution in [2.75, 3.05) is 0 Å². The average Bonchev–Trinajstić information content (AvgIpc) is 3.84. The van der Waals surface area contributed by atoms with Crippen LogP contribution in [0.5, 0.6) is 0 Å². The van der Waals surface area contributed by atoms with Gasteiger partial charge in [0.05, 0.1) is 42.9 Å². The minimum Gasteiger partial charge on any atom is -0.357 e. The van der Waals surface area contributed by atoms with Crippen molar-refractivity contribution in [3.8, 4) is 45.6 Å². The molecular formula is C32H12Cl4N8O8S4Zn. The van der Waals surface area contributed by atoms with Crippen molar-refractivity contribution in [2.45, 2.75) is 19.6 Å². The Kier molecular flexibility index (Phi) is 9.34. The summed E-state index contributed by atoms with van der Waals surface area (Å²) in [6.07, 6.45) is 0. The number of benzene rings is 4. The topological polar surface area (TPSA) is 242 Å². The second-order valence-electron chi connectivity index (χ2n) is 12.1. The first kappa shape index (κ1) is 39.6. The molecule has 0 saturated heterocycles. The third-order valence-electron chi connectivity index (χ3n) is 8.71. The summed E-state index contributed by atoms with van der Waals surface area (Å²) in [5, 5.41) is 0.859. The van der Waals surface area contributed by atoms with Gasteiger partial charge < -0.3 is 29.9 Å². The molecule has 2 aliphatic heterocycles. The van der Waals surface area contributed by atoms with E-state index in [0.717, 1.165) is 0 Å². The predicted octanol–water partition coefficient (Wildman–Crippen LogP) is 5.83. The molecule has 0 atom stereocenters. The summed E-state index contributed by atoms with van der Waals surface area (Å²) in [6.45, 7) is 0. The average molecular weight is 972 g/mol. The van der Waals surface area contributed by atoms with Crippen molar-refractivity contribution in [1.82, 2.24) is 39.9 Å². The van der Waals surface area contributed by atoms with E-state index in [1.165, 1.54) is 72.8 Å². The first-order valence-corrected chi connectivity index (χ1v) is 24.5. The molecule has 16 nitrogen and oxygen atoms in total. The molecule has 9 rings (SSSR count). The Bertz CT molecular complexity index is 3390. The van der Waals surface area contributed by atoms with Crippen LogP contribution in [0.15, 0.2) is 92.4 Å². The van der Waals surface area contributed by atoms with Crippen LogP contribution in [0.2, 0.25) is 0 Å². The monoisotopic (exact) mass is 968 g/mol. The molecule has 5 heterocycles. The maximum absolute atomic E-state index is 12.4. The van der Waals surface area contributed by atoms with Gasteiger partial charge >= 0.3 is 19.5 Å². The minimum absolute atomic E-state index is 0. The fraction of sp³-hybridized carbons (Fsp3) is 0. The van der Waals surface area contributed by atoms with Crippen LogP contribution in [-0.2, 0) is 55.7 Å². The molecule has 0 saturated carbocycles. The van der Waals surface area contributed by atoms with Crippen molar-refractivity contribution in [2.24, 2.45) is 0 Å². The van der Waals surface area contributed by atoms with E-state index in [1.807, 2.05) is 0 Å². The first-order chi connectivity index (χ1) is 26.2. The first-order valence-electron chi connectivity index (χ1n) is 15.3. The fourth-order valence-electron chi connectivity index (χ4n) is 6.19. The smallest absolute Gasteiger partial charge is 0.357 e. The van der Waals surface area contributed by atoms with E-state index in [2.05, 4.69) is 39.9 Å². The van der Waals surface area contributed by atoms with Crippen LogP contribution in [0.25, 0.3) is 89.7 Å². The van der Waals surface area contributed by atoms with Crippen LogP contribution in [0.1, 0.15) is 0 Å². The number of aromatic nitrogens is 8. The standard InChI is InChI=1S/C32H12Cl4N8O8S4.Zn/c33-53(45,46)13-1-5-17-21(9-13)29-37-25(17)41-30-22-10-14(54(34,47)48)2-6-18(22)27(38-30)43-32-24-12-16(56(36,51)52)4-8-20(24)28(40-32)44-31-23-11-15(55(35,49)50)3-7-19(23)26(39-31)42-29;/h1-12H;/q-2;+2. The van der Waals surface area contributed by atoms with Crippen LogP contribution in [-0.4, -0.2) is 63.6 Å². The number of nitrogens with zero attached hydrogens (tertiary/aromatic N) is 8. The van der Waals surface area contributed by atoms with Gasteiger partial charge in [-0.25, -0.2) is 43.6 Å². The van der Waals surface area contributed by atoms with Gasteiger partial charge in [-0.3, -0.25) is 0 Å². The largest absolute Gasteiger partial charge is 2.00 e. The molecule has 57 heavy (non-hydrogen) atoms. The van der Waals surface area contributed by atoms with Crippen LogP contribution in [0.3, 0.4) is 0 Å². The van der Waals surface area contributed by atoms with E-state index >= 15 is 0 Å². The normalized spacial score (nSPS) is 13.0. The van der Waals surface area contributed by atoms with Crippen LogP contribution in [0, 0.1) is 0 Å². The number of rotatable bonds is 4. The molecule has 8 bridgehead atoms. The number of halogens is 4. The Morgan fingerprint density at radius 1 is 0.351 bits per heavy atom. The maximum atomic E-state index is 12.4. The number of hydrogen-bond donors (Lipinski definition) is 0. The Labute approximate surface area is 351 Å². The molecule has 282 valence electrons. The third kappa shape index (κ3) is 6.97. The van der Waals surface area contributed by atoms with Crippen LogP contribution >= 0.6 is 42.7 Å². The number of fused-ring (bicyclic) bond motifs is 20. The van der Waals surface area contributed by atoms with Gasteiger partial charge in [0.15, 0.2) is 0 Å². The zero-order valence-electron chi connectivity index (χ0n) is 27.6. The number of hydrogen-bond acceptors (Lipinski definition) is 14. The minimum atomic E-state index is -4.25. The van der Waals surface area contributed by atoms with Crippen molar-refractivity contribution >= 4 is 123 Å².